The number of hydrogen-bond donors (Lipinski definition) is 0. The van der Waals surface area contributed by atoms with E-state index in [1.165, 1.54) is 17.0 Å². The molecular weight excluding hydrogens is 303 g/mol. The molecule has 0 fully saturated rings. The highest BCUT2D eigenvalue weighted by Gasteiger charge is 2.11. The SMILES string of the molecule is CN(CCC#N)C(=O)COc1ccc(Br)cc1F. The number of likely N-dealkylation sites (N-methyl/N-ethyl adjacent to an activating group) is 1. The Balaban J connectivity index is 2.50. The Morgan fingerprint density at radius 3 is 2.94 bits per heavy atom. The van der Waals surface area contributed by atoms with Crippen LogP contribution < -0.4 is 4.74 Å². The van der Waals surface area contributed by atoms with Crippen molar-refractivity contribution in [2.24, 2.45) is 0 Å². The molecule has 0 heterocycles. The maximum atomic E-state index is 13.4. The highest BCUT2D eigenvalue weighted by Crippen LogP contribution is 2.21. The summed E-state index contributed by atoms with van der Waals surface area (Å²) in [5.74, 6) is -0.801. The molecule has 1 aromatic rings. The quantitative estimate of drug-likeness (QED) is 0.838. The first-order chi connectivity index (χ1) is 8.54. The number of benzene rings is 1. The molecule has 96 valence electrons. The maximum absolute atomic E-state index is 13.4. The van der Waals surface area contributed by atoms with E-state index in [1.807, 2.05) is 6.07 Å². The fraction of sp³-hybridized carbons (Fsp3) is 0.333. The number of rotatable bonds is 5. The molecule has 1 amide bonds. The summed E-state index contributed by atoms with van der Waals surface area (Å²) in [7, 11) is 1.57. The van der Waals surface area contributed by atoms with E-state index < -0.39 is 5.82 Å². The smallest absolute Gasteiger partial charge is 0.260 e. The second-order valence-electron chi connectivity index (χ2n) is 3.59. The largest absolute Gasteiger partial charge is 0.481 e. The van der Waals surface area contributed by atoms with Crippen LogP contribution in [0.5, 0.6) is 5.75 Å². The monoisotopic (exact) mass is 314 g/mol. The minimum atomic E-state index is -0.531. The number of nitriles is 1. The third kappa shape index (κ3) is 4.34. The van der Waals surface area contributed by atoms with Crippen LogP contribution in [0.2, 0.25) is 0 Å². The van der Waals surface area contributed by atoms with Gasteiger partial charge in [0.15, 0.2) is 18.2 Å². The minimum Gasteiger partial charge on any atom is -0.481 e. The number of carbonyl (C=O) groups is 1. The van der Waals surface area contributed by atoms with Crippen molar-refractivity contribution < 1.29 is 13.9 Å². The van der Waals surface area contributed by atoms with Gasteiger partial charge in [-0.25, -0.2) is 4.39 Å². The predicted molar refractivity (Wildman–Crippen MR) is 67.5 cm³/mol. The number of nitrogens with zero attached hydrogens (tertiary/aromatic N) is 2. The second kappa shape index (κ2) is 6.97. The summed E-state index contributed by atoms with van der Waals surface area (Å²) in [6, 6.07) is 6.28. The highest BCUT2D eigenvalue weighted by atomic mass is 79.9. The van der Waals surface area contributed by atoms with E-state index in [2.05, 4.69) is 15.9 Å². The highest BCUT2D eigenvalue weighted by molar-refractivity contribution is 9.10. The van der Waals surface area contributed by atoms with E-state index in [9.17, 15) is 9.18 Å². The Bertz CT molecular complexity index is 474. The molecular formula is C12H12BrFN2O2. The van der Waals surface area contributed by atoms with Gasteiger partial charge in [-0.1, -0.05) is 15.9 Å². The topological polar surface area (TPSA) is 53.3 Å². The van der Waals surface area contributed by atoms with Crippen LogP contribution in [-0.2, 0) is 4.79 Å². The first kappa shape index (κ1) is 14.5. The van der Waals surface area contributed by atoms with E-state index >= 15 is 0 Å². The lowest BCUT2D eigenvalue weighted by Gasteiger charge is -2.15. The second-order valence-corrected chi connectivity index (χ2v) is 4.50. The van der Waals surface area contributed by atoms with Crippen molar-refractivity contribution in [2.75, 3.05) is 20.2 Å². The third-order valence-corrected chi connectivity index (χ3v) is 2.72. The standard InChI is InChI=1S/C12H12BrFN2O2/c1-16(6-2-5-15)12(17)8-18-11-4-3-9(13)7-10(11)14/h3-4,7H,2,6,8H2,1H3. The van der Waals surface area contributed by atoms with E-state index in [1.54, 1.807) is 13.1 Å². The molecule has 0 radical (unpaired) electrons. The average molecular weight is 315 g/mol. The van der Waals surface area contributed by atoms with Gasteiger partial charge >= 0.3 is 0 Å². The van der Waals surface area contributed by atoms with Crippen LogP contribution in [0.25, 0.3) is 0 Å². The molecule has 0 aliphatic rings. The summed E-state index contributed by atoms with van der Waals surface area (Å²) in [5.41, 5.74) is 0. The van der Waals surface area contributed by atoms with Crippen LogP contribution in [0.3, 0.4) is 0 Å². The third-order valence-electron chi connectivity index (χ3n) is 2.23. The Kier molecular flexibility index (Phi) is 5.59. The minimum absolute atomic E-state index is 0.0280. The maximum Gasteiger partial charge on any atom is 0.260 e. The summed E-state index contributed by atoms with van der Waals surface area (Å²) >= 11 is 3.13. The lowest BCUT2D eigenvalue weighted by molar-refractivity contribution is -0.132. The average Bonchev–Trinajstić information content (AvgIpc) is 2.34. The molecule has 0 aliphatic carbocycles. The van der Waals surface area contributed by atoms with E-state index in [0.717, 1.165) is 0 Å². The van der Waals surface area contributed by atoms with Crippen molar-refractivity contribution in [3.8, 4) is 11.8 Å². The van der Waals surface area contributed by atoms with Gasteiger partial charge in [0.05, 0.1) is 12.5 Å². The van der Waals surface area contributed by atoms with Crippen LogP contribution in [0.15, 0.2) is 22.7 Å². The molecule has 1 rings (SSSR count). The molecule has 0 saturated heterocycles. The fourth-order valence-corrected chi connectivity index (χ4v) is 1.52. The van der Waals surface area contributed by atoms with Crippen molar-refractivity contribution in [3.05, 3.63) is 28.5 Å². The van der Waals surface area contributed by atoms with Crippen molar-refractivity contribution in [1.29, 1.82) is 5.26 Å². The van der Waals surface area contributed by atoms with Gasteiger partial charge < -0.3 is 9.64 Å². The van der Waals surface area contributed by atoms with Crippen molar-refractivity contribution in [1.82, 2.24) is 4.90 Å². The molecule has 6 heteroatoms. The van der Waals surface area contributed by atoms with Crippen molar-refractivity contribution >= 4 is 21.8 Å². The number of hydrogen-bond acceptors (Lipinski definition) is 3. The van der Waals surface area contributed by atoms with Crippen LogP contribution in [0.4, 0.5) is 4.39 Å². The molecule has 0 unspecified atom stereocenters. The Morgan fingerprint density at radius 2 is 2.33 bits per heavy atom. The molecule has 4 nitrogen and oxygen atoms in total. The molecule has 0 aliphatic heterocycles. The van der Waals surface area contributed by atoms with Gasteiger partial charge in [-0.05, 0) is 18.2 Å². The molecule has 0 bridgehead atoms. The number of carbonyl (C=O) groups excluding carboxylic acids is 1. The zero-order valence-corrected chi connectivity index (χ0v) is 11.4. The predicted octanol–water partition coefficient (Wildman–Crippen LogP) is 2.34. The normalized spacial score (nSPS) is 9.67. The van der Waals surface area contributed by atoms with Crippen LogP contribution >= 0.6 is 15.9 Å². The molecule has 0 atom stereocenters. The van der Waals surface area contributed by atoms with Gasteiger partial charge in [0, 0.05) is 18.1 Å². The van der Waals surface area contributed by atoms with Gasteiger partial charge in [0.2, 0.25) is 0 Å². The lowest BCUT2D eigenvalue weighted by Crippen LogP contribution is -2.32. The fourth-order valence-electron chi connectivity index (χ4n) is 1.18. The number of halogens is 2. The molecule has 0 aromatic heterocycles. The summed E-state index contributed by atoms with van der Waals surface area (Å²) < 4.78 is 19.1. The van der Waals surface area contributed by atoms with Gasteiger partial charge in [0.25, 0.3) is 5.91 Å². The van der Waals surface area contributed by atoms with Gasteiger partial charge in [0.1, 0.15) is 0 Å². The molecule has 0 N–H and O–H groups in total. The summed E-state index contributed by atoms with van der Waals surface area (Å²) in [4.78, 5) is 12.9. The Labute approximate surface area is 113 Å². The molecule has 1 aromatic carbocycles. The molecule has 0 spiro atoms. The van der Waals surface area contributed by atoms with Crippen molar-refractivity contribution in [3.63, 3.8) is 0 Å². The first-order valence-corrected chi connectivity index (χ1v) is 6.02. The zero-order chi connectivity index (χ0) is 13.5. The Morgan fingerprint density at radius 1 is 1.61 bits per heavy atom. The molecule has 0 saturated carbocycles. The molecule has 18 heavy (non-hydrogen) atoms. The van der Waals surface area contributed by atoms with Gasteiger partial charge in [-0.15, -0.1) is 0 Å². The van der Waals surface area contributed by atoms with Crippen molar-refractivity contribution in [2.45, 2.75) is 6.42 Å². The van der Waals surface area contributed by atoms with Gasteiger partial charge in [-0.2, -0.15) is 5.26 Å². The van der Waals surface area contributed by atoms with Crippen LogP contribution in [-0.4, -0.2) is 31.0 Å². The zero-order valence-electron chi connectivity index (χ0n) is 9.82. The van der Waals surface area contributed by atoms with Crippen LogP contribution in [0, 0.1) is 17.1 Å². The van der Waals surface area contributed by atoms with E-state index in [-0.39, 0.29) is 24.7 Å². The van der Waals surface area contributed by atoms with Crippen LogP contribution in [0.1, 0.15) is 6.42 Å². The number of amides is 1. The van der Waals surface area contributed by atoms with E-state index in [4.69, 9.17) is 10.00 Å². The lowest BCUT2D eigenvalue weighted by atomic mass is 10.3. The van der Waals surface area contributed by atoms with E-state index in [0.29, 0.717) is 11.0 Å². The summed E-state index contributed by atoms with van der Waals surface area (Å²) in [6.45, 7) is 0.0853. The number of ether oxygens (including phenoxy) is 1. The summed E-state index contributed by atoms with van der Waals surface area (Å²) in [6.07, 6.45) is 0.259. The Hall–Kier alpha value is -1.61. The first-order valence-electron chi connectivity index (χ1n) is 5.23. The van der Waals surface area contributed by atoms with Gasteiger partial charge in [-0.3, -0.25) is 4.79 Å². The summed E-state index contributed by atoms with van der Waals surface area (Å²) in [5, 5.41) is 8.39.